The van der Waals surface area contributed by atoms with Crippen molar-refractivity contribution in [2.24, 2.45) is 5.73 Å². The highest BCUT2D eigenvalue weighted by Gasteiger charge is 2.04. The van der Waals surface area contributed by atoms with E-state index in [1.807, 2.05) is 0 Å². The van der Waals surface area contributed by atoms with Crippen molar-refractivity contribution in [2.75, 3.05) is 0 Å². The van der Waals surface area contributed by atoms with E-state index in [9.17, 15) is 4.79 Å². The lowest BCUT2D eigenvalue weighted by Crippen LogP contribution is -2.05. The van der Waals surface area contributed by atoms with Crippen molar-refractivity contribution >= 4 is 12.0 Å². The maximum atomic E-state index is 10.4. The van der Waals surface area contributed by atoms with E-state index in [1.165, 1.54) is 6.08 Å². The summed E-state index contributed by atoms with van der Waals surface area (Å²) >= 11 is 0. The Labute approximate surface area is 70.0 Å². The number of carbonyl (C=O) groups is 1. The van der Waals surface area contributed by atoms with Crippen LogP contribution >= 0.6 is 0 Å². The third-order valence-corrected chi connectivity index (χ3v) is 1.50. The maximum absolute atomic E-state index is 10.4. The van der Waals surface area contributed by atoms with E-state index >= 15 is 0 Å². The Morgan fingerprint density at radius 3 is 2.67 bits per heavy atom. The highest BCUT2D eigenvalue weighted by molar-refractivity contribution is 5.90. The normalized spacial score (nSPS) is 10.8. The second kappa shape index (κ2) is 3.21. The molecule has 0 unspecified atom stereocenters. The van der Waals surface area contributed by atoms with Gasteiger partial charge in [-0.2, -0.15) is 0 Å². The summed E-state index contributed by atoms with van der Waals surface area (Å²) in [4.78, 5) is 10.4. The van der Waals surface area contributed by atoms with E-state index in [-0.39, 0.29) is 0 Å². The number of nitrogens with two attached hydrogens (primary N) is 1. The molecular formula is C8H10N2O2. The molecule has 4 heteroatoms. The second-order valence-corrected chi connectivity index (χ2v) is 2.47. The quantitative estimate of drug-likeness (QED) is 0.660. The van der Waals surface area contributed by atoms with Gasteiger partial charge in [-0.05, 0) is 19.9 Å². The Kier molecular flexibility index (Phi) is 2.28. The average Bonchev–Trinajstić information content (AvgIpc) is 2.28. The van der Waals surface area contributed by atoms with E-state index in [4.69, 9.17) is 10.3 Å². The molecule has 0 aliphatic carbocycles. The van der Waals surface area contributed by atoms with Gasteiger partial charge in [0.2, 0.25) is 5.91 Å². The zero-order chi connectivity index (χ0) is 9.14. The predicted molar refractivity (Wildman–Crippen MR) is 44.2 cm³/mol. The van der Waals surface area contributed by atoms with Gasteiger partial charge in [0.1, 0.15) is 5.76 Å². The molecule has 4 nitrogen and oxygen atoms in total. The van der Waals surface area contributed by atoms with Crippen LogP contribution < -0.4 is 5.73 Å². The fraction of sp³-hybridized carbons (Fsp3) is 0.250. The molecule has 1 heterocycles. The molecule has 1 rings (SSSR count). The predicted octanol–water partition coefficient (Wildman–Crippen LogP) is 0.790. The van der Waals surface area contributed by atoms with Gasteiger partial charge in [0.25, 0.3) is 0 Å². The van der Waals surface area contributed by atoms with E-state index < -0.39 is 5.91 Å². The molecule has 0 aliphatic heterocycles. The van der Waals surface area contributed by atoms with E-state index in [0.29, 0.717) is 5.76 Å². The third-order valence-electron chi connectivity index (χ3n) is 1.50. The standard InChI is InChI=1S/C8H10N2O2/c1-5-7(3-4-8(9)11)6(2)12-10-5/h3-4H,1-2H3,(H2,9,11). The van der Waals surface area contributed by atoms with Crippen LogP contribution in [0.2, 0.25) is 0 Å². The summed E-state index contributed by atoms with van der Waals surface area (Å²) in [6.45, 7) is 3.58. The number of primary amides is 1. The van der Waals surface area contributed by atoms with Crippen molar-refractivity contribution in [1.82, 2.24) is 5.16 Å². The Balaban J connectivity index is 2.95. The largest absolute Gasteiger partial charge is 0.366 e. The molecule has 64 valence electrons. The molecule has 1 aromatic rings. The van der Waals surface area contributed by atoms with Gasteiger partial charge in [-0.25, -0.2) is 0 Å². The fourth-order valence-corrected chi connectivity index (χ4v) is 0.893. The lowest BCUT2D eigenvalue weighted by atomic mass is 10.2. The van der Waals surface area contributed by atoms with Crippen LogP contribution in [0.4, 0.5) is 0 Å². The molecular weight excluding hydrogens is 156 g/mol. The molecule has 0 bridgehead atoms. The van der Waals surface area contributed by atoms with E-state index in [2.05, 4.69) is 5.16 Å². The summed E-state index contributed by atoms with van der Waals surface area (Å²) in [6.07, 6.45) is 2.88. The lowest BCUT2D eigenvalue weighted by molar-refractivity contribution is -0.113. The summed E-state index contributed by atoms with van der Waals surface area (Å²) < 4.78 is 4.87. The molecule has 0 saturated carbocycles. The van der Waals surface area contributed by atoms with Crippen LogP contribution in [-0.2, 0) is 4.79 Å². The number of aryl methyl sites for hydroxylation is 2. The molecule has 0 fully saturated rings. The molecule has 0 atom stereocenters. The maximum Gasteiger partial charge on any atom is 0.241 e. The number of rotatable bonds is 2. The number of nitrogens with zero attached hydrogens (tertiary/aromatic N) is 1. The number of aromatic nitrogens is 1. The Bertz CT molecular complexity index is 306. The van der Waals surface area contributed by atoms with Crippen LogP contribution in [0.3, 0.4) is 0 Å². The first-order chi connectivity index (χ1) is 5.61. The lowest BCUT2D eigenvalue weighted by Gasteiger charge is -1.86. The van der Waals surface area contributed by atoms with Crippen LogP contribution in [-0.4, -0.2) is 11.1 Å². The minimum Gasteiger partial charge on any atom is -0.366 e. The van der Waals surface area contributed by atoms with Gasteiger partial charge in [-0.3, -0.25) is 4.79 Å². The van der Waals surface area contributed by atoms with Crippen molar-refractivity contribution in [2.45, 2.75) is 13.8 Å². The monoisotopic (exact) mass is 166 g/mol. The summed E-state index contributed by atoms with van der Waals surface area (Å²) in [5, 5.41) is 3.72. The summed E-state index contributed by atoms with van der Waals surface area (Å²) in [5.41, 5.74) is 6.50. The first-order valence-electron chi connectivity index (χ1n) is 3.51. The van der Waals surface area contributed by atoms with Crippen LogP contribution in [0.5, 0.6) is 0 Å². The Morgan fingerprint density at radius 1 is 1.58 bits per heavy atom. The van der Waals surface area contributed by atoms with E-state index in [1.54, 1.807) is 19.9 Å². The molecule has 0 aromatic carbocycles. The molecule has 0 aliphatic rings. The molecule has 1 aromatic heterocycles. The van der Waals surface area contributed by atoms with Crippen molar-refractivity contribution in [3.05, 3.63) is 23.1 Å². The number of amides is 1. The molecule has 12 heavy (non-hydrogen) atoms. The zero-order valence-electron chi connectivity index (χ0n) is 7.00. The highest BCUT2D eigenvalue weighted by atomic mass is 16.5. The van der Waals surface area contributed by atoms with Gasteiger partial charge < -0.3 is 10.3 Å². The van der Waals surface area contributed by atoms with Crippen LogP contribution in [0.25, 0.3) is 6.08 Å². The Hall–Kier alpha value is -1.58. The molecule has 1 amide bonds. The second-order valence-electron chi connectivity index (χ2n) is 2.47. The van der Waals surface area contributed by atoms with E-state index in [0.717, 1.165) is 11.3 Å². The average molecular weight is 166 g/mol. The van der Waals surface area contributed by atoms with Crippen LogP contribution in [0.1, 0.15) is 17.0 Å². The molecule has 0 spiro atoms. The zero-order valence-corrected chi connectivity index (χ0v) is 7.00. The number of hydrogen-bond acceptors (Lipinski definition) is 3. The molecule has 2 N–H and O–H groups in total. The van der Waals surface area contributed by atoms with Gasteiger partial charge in [-0.1, -0.05) is 5.16 Å². The van der Waals surface area contributed by atoms with Crippen LogP contribution in [0, 0.1) is 13.8 Å². The minimum atomic E-state index is -0.477. The topological polar surface area (TPSA) is 69.1 Å². The minimum absolute atomic E-state index is 0.477. The van der Waals surface area contributed by atoms with Crippen molar-refractivity contribution in [3.8, 4) is 0 Å². The smallest absolute Gasteiger partial charge is 0.241 e. The molecule has 0 radical (unpaired) electrons. The summed E-state index contributed by atoms with van der Waals surface area (Å²) in [7, 11) is 0. The number of hydrogen-bond donors (Lipinski definition) is 1. The van der Waals surface area contributed by atoms with Gasteiger partial charge in [0.05, 0.1) is 5.69 Å². The SMILES string of the molecule is Cc1noc(C)c1C=CC(N)=O. The van der Waals surface area contributed by atoms with Gasteiger partial charge in [0.15, 0.2) is 0 Å². The molecule has 0 saturated heterocycles. The first kappa shape index (κ1) is 8.52. The van der Waals surface area contributed by atoms with Crippen molar-refractivity contribution in [1.29, 1.82) is 0 Å². The number of carbonyl (C=O) groups excluding carboxylic acids is 1. The third kappa shape index (κ3) is 1.72. The first-order valence-corrected chi connectivity index (χ1v) is 3.51. The van der Waals surface area contributed by atoms with Gasteiger partial charge >= 0.3 is 0 Å². The van der Waals surface area contributed by atoms with Gasteiger partial charge in [-0.15, -0.1) is 0 Å². The highest BCUT2D eigenvalue weighted by Crippen LogP contribution is 2.13. The Morgan fingerprint density at radius 2 is 2.25 bits per heavy atom. The fourth-order valence-electron chi connectivity index (χ4n) is 0.893. The van der Waals surface area contributed by atoms with Crippen molar-refractivity contribution < 1.29 is 9.32 Å². The van der Waals surface area contributed by atoms with Crippen LogP contribution in [0.15, 0.2) is 10.6 Å². The van der Waals surface area contributed by atoms with Gasteiger partial charge in [0, 0.05) is 11.6 Å². The summed E-state index contributed by atoms with van der Waals surface area (Å²) in [5.74, 6) is 0.208. The summed E-state index contributed by atoms with van der Waals surface area (Å²) in [6, 6.07) is 0. The van der Waals surface area contributed by atoms with Crippen molar-refractivity contribution in [3.63, 3.8) is 0 Å².